The number of esters is 1. The Morgan fingerprint density at radius 3 is 2.38 bits per heavy atom. The van der Waals surface area contributed by atoms with Crippen LogP contribution in [0, 0.1) is 12.8 Å². The number of thioether (sulfide) groups is 1. The van der Waals surface area contributed by atoms with Crippen molar-refractivity contribution in [1.29, 1.82) is 0 Å². The van der Waals surface area contributed by atoms with Gasteiger partial charge in [0.1, 0.15) is 0 Å². The summed E-state index contributed by atoms with van der Waals surface area (Å²) in [6.45, 7) is 5.82. The van der Waals surface area contributed by atoms with E-state index in [0.717, 1.165) is 27.3 Å². The molecule has 2 amide bonds. The maximum absolute atomic E-state index is 13.6. The van der Waals surface area contributed by atoms with Crippen molar-refractivity contribution in [2.24, 2.45) is 5.92 Å². The number of nitrogens with zero attached hydrogens (tertiary/aromatic N) is 2. The van der Waals surface area contributed by atoms with Gasteiger partial charge in [0.15, 0.2) is 0 Å². The van der Waals surface area contributed by atoms with E-state index in [2.05, 4.69) is 19.1 Å². The molecule has 0 spiro atoms. The maximum Gasteiger partial charge on any atom is 0.309 e. The number of hydrogen-bond donors (Lipinski definition) is 0. The van der Waals surface area contributed by atoms with E-state index >= 15 is 0 Å². The number of ether oxygens (including phenoxy) is 1. The summed E-state index contributed by atoms with van der Waals surface area (Å²) in [4.78, 5) is 44.0. The molecule has 1 fully saturated rings. The fraction of sp³-hybridized carbons (Fsp3) is 0.281. The average molecular weight is 541 g/mol. The topological polar surface area (TPSA) is 66.9 Å². The van der Waals surface area contributed by atoms with Gasteiger partial charge in [-0.25, -0.2) is 0 Å². The number of fused-ring (bicyclic) bond motifs is 1. The summed E-state index contributed by atoms with van der Waals surface area (Å²) in [5.41, 5.74) is 4.64. The molecule has 0 aromatic heterocycles. The number of benzene rings is 3. The second-order valence-corrected chi connectivity index (χ2v) is 10.9. The zero-order valence-electron chi connectivity index (χ0n) is 22.3. The number of likely N-dealkylation sites (tertiary alicyclic amines) is 1. The van der Waals surface area contributed by atoms with E-state index in [-0.39, 0.29) is 23.7 Å². The van der Waals surface area contributed by atoms with E-state index in [9.17, 15) is 14.4 Å². The predicted octanol–water partition coefficient (Wildman–Crippen LogP) is 6.09. The number of para-hydroxylation sites is 1. The monoisotopic (exact) mass is 540 g/mol. The molecular weight excluding hydrogens is 508 g/mol. The minimum absolute atomic E-state index is 0.0356. The first-order chi connectivity index (χ1) is 18.9. The lowest BCUT2D eigenvalue weighted by molar-refractivity contribution is -0.149. The highest BCUT2D eigenvalue weighted by Crippen LogP contribution is 2.42. The van der Waals surface area contributed by atoms with Crippen LogP contribution in [-0.2, 0) is 20.9 Å². The lowest BCUT2D eigenvalue weighted by Crippen LogP contribution is -2.40. The van der Waals surface area contributed by atoms with Gasteiger partial charge in [0, 0.05) is 23.5 Å². The lowest BCUT2D eigenvalue weighted by Gasteiger charge is -2.31. The molecule has 0 bridgehead atoms. The molecule has 0 unspecified atom stereocenters. The number of carbonyl (C=O) groups is 3. The van der Waals surface area contributed by atoms with Crippen LogP contribution >= 0.6 is 11.8 Å². The maximum atomic E-state index is 13.6. The van der Waals surface area contributed by atoms with E-state index in [1.54, 1.807) is 11.8 Å². The van der Waals surface area contributed by atoms with Crippen LogP contribution in [0.1, 0.15) is 46.8 Å². The van der Waals surface area contributed by atoms with Crippen molar-refractivity contribution in [2.75, 3.05) is 24.6 Å². The normalized spacial score (nSPS) is 16.8. The Bertz CT molecular complexity index is 1410. The Morgan fingerprint density at radius 2 is 1.67 bits per heavy atom. The number of hydrogen-bond acceptors (Lipinski definition) is 5. The molecule has 2 aliphatic rings. The molecule has 0 radical (unpaired) electrons. The molecule has 3 aromatic carbocycles. The number of anilines is 1. The third-order valence-corrected chi connectivity index (χ3v) is 8.36. The van der Waals surface area contributed by atoms with Crippen molar-refractivity contribution in [2.45, 2.75) is 38.1 Å². The molecule has 2 heterocycles. The molecular formula is C32H32N2O4S. The van der Waals surface area contributed by atoms with Crippen LogP contribution in [0.25, 0.3) is 6.08 Å². The van der Waals surface area contributed by atoms with Crippen molar-refractivity contribution in [1.82, 2.24) is 4.90 Å². The van der Waals surface area contributed by atoms with E-state index < -0.39 is 0 Å². The summed E-state index contributed by atoms with van der Waals surface area (Å²) in [6, 6.07) is 23.5. The fourth-order valence-corrected chi connectivity index (χ4v) is 6.07. The third kappa shape index (κ3) is 5.93. The quantitative estimate of drug-likeness (QED) is 0.280. The zero-order valence-corrected chi connectivity index (χ0v) is 23.1. The van der Waals surface area contributed by atoms with Crippen molar-refractivity contribution < 1.29 is 19.1 Å². The van der Waals surface area contributed by atoms with Crippen molar-refractivity contribution in [3.8, 4) is 0 Å². The van der Waals surface area contributed by atoms with Gasteiger partial charge in [0.25, 0.3) is 11.8 Å². The molecule has 2 aliphatic heterocycles. The van der Waals surface area contributed by atoms with Gasteiger partial charge < -0.3 is 14.5 Å². The molecule has 1 saturated heterocycles. The second kappa shape index (κ2) is 11.9. The molecule has 0 N–H and O–H groups in total. The minimum atomic E-state index is -0.169. The third-order valence-electron chi connectivity index (χ3n) is 7.28. The molecule has 0 atom stereocenters. The van der Waals surface area contributed by atoms with Gasteiger partial charge in [0.2, 0.25) is 0 Å². The molecule has 39 heavy (non-hydrogen) atoms. The Labute approximate surface area is 233 Å². The zero-order chi connectivity index (χ0) is 27.4. The van der Waals surface area contributed by atoms with E-state index in [1.807, 2.05) is 71.6 Å². The summed E-state index contributed by atoms with van der Waals surface area (Å²) in [6.07, 6.45) is 3.13. The standard InChI is InChI=1S/C32H32N2O4S/c1-3-38-32(37)25-16-18-33(19-17-25)30(35)24-14-12-23(13-15-24)20-29-31(36)34(21-26-9-5-4-8-22(26)2)27-10-6-7-11-28(27)39-29/h4-15,20,25H,3,16-19,21H2,1-2H3. The van der Waals surface area contributed by atoms with E-state index in [1.165, 1.54) is 11.8 Å². The first kappa shape index (κ1) is 26.8. The van der Waals surface area contributed by atoms with Crippen LogP contribution in [0.4, 0.5) is 5.69 Å². The SMILES string of the molecule is CCOC(=O)C1CCN(C(=O)c2ccc(C=C3Sc4ccccc4N(Cc4ccccc4C)C3=O)cc2)CC1. The second-order valence-electron chi connectivity index (χ2n) is 9.84. The molecule has 3 aromatic rings. The number of rotatable bonds is 6. The van der Waals surface area contributed by atoms with Gasteiger partial charge in [-0.1, -0.05) is 60.3 Å². The Hall–Kier alpha value is -3.84. The summed E-state index contributed by atoms with van der Waals surface area (Å²) in [5, 5.41) is 0. The molecule has 200 valence electrons. The van der Waals surface area contributed by atoms with Crippen LogP contribution < -0.4 is 4.90 Å². The summed E-state index contributed by atoms with van der Waals surface area (Å²) in [5.74, 6) is -0.384. The summed E-state index contributed by atoms with van der Waals surface area (Å²) < 4.78 is 5.13. The minimum Gasteiger partial charge on any atom is -0.466 e. The van der Waals surface area contributed by atoms with Crippen LogP contribution in [0.2, 0.25) is 0 Å². The highest BCUT2D eigenvalue weighted by Gasteiger charge is 2.30. The molecule has 7 heteroatoms. The van der Waals surface area contributed by atoms with Crippen LogP contribution in [0.15, 0.2) is 82.6 Å². The predicted molar refractivity (Wildman–Crippen MR) is 154 cm³/mol. The smallest absolute Gasteiger partial charge is 0.309 e. The average Bonchev–Trinajstić information content (AvgIpc) is 2.96. The van der Waals surface area contributed by atoms with Crippen LogP contribution in [0.3, 0.4) is 0 Å². The first-order valence-electron chi connectivity index (χ1n) is 13.4. The molecule has 0 aliphatic carbocycles. The van der Waals surface area contributed by atoms with Crippen LogP contribution in [0.5, 0.6) is 0 Å². The molecule has 6 nitrogen and oxygen atoms in total. The number of amides is 2. The van der Waals surface area contributed by atoms with E-state index in [4.69, 9.17) is 4.74 Å². The van der Waals surface area contributed by atoms with Gasteiger partial charge in [-0.05, 0) is 73.7 Å². The van der Waals surface area contributed by atoms with Crippen molar-refractivity contribution in [3.05, 3.63) is 100.0 Å². The Kier molecular flexibility index (Phi) is 8.17. The molecule has 0 saturated carbocycles. The number of carbonyl (C=O) groups excluding carboxylic acids is 3. The van der Waals surface area contributed by atoms with Gasteiger partial charge in [-0.2, -0.15) is 0 Å². The van der Waals surface area contributed by atoms with Gasteiger partial charge >= 0.3 is 5.97 Å². The lowest BCUT2D eigenvalue weighted by atomic mass is 9.96. The van der Waals surface area contributed by atoms with Crippen molar-refractivity contribution in [3.63, 3.8) is 0 Å². The Morgan fingerprint density at radius 1 is 0.974 bits per heavy atom. The first-order valence-corrected chi connectivity index (χ1v) is 14.2. The summed E-state index contributed by atoms with van der Waals surface area (Å²) >= 11 is 1.47. The molecule has 5 rings (SSSR count). The van der Waals surface area contributed by atoms with E-state index in [0.29, 0.717) is 49.6 Å². The highest BCUT2D eigenvalue weighted by molar-refractivity contribution is 8.04. The number of aryl methyl sites for hydroxylation is 1. The summed E-state index contributed by atoms with van der Waals surface area (Å²) in [7, 11) is 0. The highest BCUT2D eigenvalue weighted by atomic mass is 32.2. The van der Waals surface area contributed by atoms with Crippen LogP contribution in [-0.4, -0.2) is 42.4 Å². The fourth-order valence-electron chi connectivity index (χ4n) is 5.01. The van der Waals surface area contributed by atoms with Gasteiger partial charge in [-0.15, -0.1) is 0 Å². The number of piperidine rings is 1. The largest absolute Gasteiger partial charge is 0.466 e. The van der Waals surface area contributed by atoms with Gasteiger partial charge in [-0.3, -0.25) is 14.4 Å². The Balaban J connectivity index is 1.31. The van der Waals surface area contributed by atoms with Crippen molar-refractivity contribution >= 4 is 41.3 Å². The van der Waals surface area contributed by atoms with Gasteiger partial charge in [0.05, 0.1) is 29.7 Å².